The van der Waals surface area contributed by atoms with Gasteiger partial charge in [0.05, 0.1) is 5.75 Å². The van der Waals surface area contributed by atoms with Crippen molar-refractivity contribution in [2.24, 2.45) is 0 Å². The summed E-state index contributed by atoms with van der Waals surface area (Å²) in [5.74, 6) is 0.469. The highest BCUT2D eigenvalue weighted by Gasteiger charge is 2.33. The zero-order valence-electron chi connectivity index (χ0n) is 11.7. The Balaban J connectivity index is 1.69. The molecule has 1 unspecified atom stereocenters. The number of para-hydroxylation sites is 1. The molecule has 2 aromatic carbocycles. The van der Waals surface area contributed by atoms with Gasteiger partial charge in [0.1, 0.15) is 5.37 Å². The molecule has 0 saturated carbocycles. The molecule has 2 N–H and O–H groups in total. The third kappa shape index (κ3) is 3.40. The lowest BCUT2D eigenvalue weighted by Gasteiger charge is -2.26. The maximum Gasteiger partial charge on any atom is 0.252 e. The van der Waals surface area contributed by atoms with Gasteiger partial charge in [0.25, 0.3) is 5.91 Å². The lowest BCUT2D eigenvalue weighted by molar-refractivity contribution is -0.129. The summed E-state index contributed by atoms with van der Waals surface area (Å²) in [4.78, 5) is 12.1. The van der Waals surface area contributed by atoms with Crippen LogP contribution in [0.1, 0.15) is 10.9 Å². The number of amides is 1. The van der Waals surface area contributed by atoms with Gasteiger partial charge in [0.15, 0.2) is 5.11 Å². The van der Waals surface area contributed by atoms with E-state index in [4.69, 9.17) is 12.2 Å². The normalized spacial score (nSPS) is 17.4. The molecule has 0 aromatic heterocycles. The largest absolute Gasteiger partial charge is 0.331 e. The predicted octanol–water partition coefficient (Wildman–Crippen LogP) is 3.16. The van der Waals surface area contributed by atoms with Crippen molar-refractivity contribution in [2.45, 2.75) is 5.37 Å². The fraction of sp³-hybridized carbons (Fsp3) is 0.125. The zero-order chi connectivity index (χ0) is 15.4. The number of thioether (sulfide) groups is 1. The van der Waals surface area contributed by atoms with Crippen molar-refractivity contribution in [1.82, 2.24) is 10.4 Å². The van der Waals surface area contributed by atoms with Crippen LogP contribution in [-0.4, -0.2) is 21.8 Å². The predicted molar refractivity (Wildman–Crippen MR) is 94.3 cm³/mol. The fourth-order valence-corrected chi connectivity index (χ4v) is 3.52. The molecule has 0 spiro atoms. The Morgan fingerprint density at radius 3 is 2.41 bits per heavy atom. The van der Waals surface area contributed by atoms with Crippen molar-refractivity contribution in [3.63, 3.8) is 0 Å². The number of hydrazine groups is 1. The van der Waals surface area contributed by atoms with Crippen molar-refractivity contribution in [3.05, 3.63) is 66.2 Å². The van der Waals surface area contributed by atoms with Crippen LogP contribution in [0.3, 0.4) is 0 Å². The third-order valence-corrected chi connectivity index (χ3v) is 4.61. The lowest BCUT2D eigenvalue weighted by Crippen LogP contribution is -2.46. The molecule has 1 aliphatic heterocycles. The molecule has 1 amide bonds. The third-order valence-electron chi connectivity index (χ3n) is 3.21. The number of carbonyl (C=O) groups is 1. The summed E-state index contributed by atoms with van der Waals surface area (Å²) in [7, 11) is 0. The topological polar surface area (TPSA) is 44.4 Å². The van der Waals surface area contributed by atoms with Crippen LogP contribution < -0.4 is 10.7 Å². The van der Waals surface area contributed by atoms with Gasteiger partial charge in [0.2, 0.25) is 0 Å². The van der Waals surface area contributed by atoms with E-state index in [2.05, 4.69) is 10.7 Å². The molecule has 2 aromatic rings. The Hall–Kier alpha value is -2.05. The summed E-state index contributed by atoms with van der Waals surface area (Å²) >= 11 is 6.89. The molecule has 1 atom stereocenters. The van der Waals surface area contributed by atoms with Gasteiger partial charge in [0, 0.05) is 5.69 Å². The summed E-state index contributed by atoms with van der Waals surface area (Å²) in [6.07, 6.45) is 0. The Bertz CT molecular complexity index is 664. The lowest BCUT2D eigenvalue weighted by atomic mass is 10.2. The zero-order valence-corrected chi connectivity index (χ0v) is 13.4. The van der Waals surface area contributed by atoms with Crippen LogP contribution in [0.25, 0.3) is 0 Å². The van der Waals surface area contributed by atoms with Gasteiger partial charge in [-0.2, -0.15) is 0 Å². The van der Waals surface area contributed by atoms with Gasteiger partial charge >= 0.3 is 0 Å². The van der Waals surface area contributed by atoms with Crippen LogP contribution in [0.15, 0.2) is 60.7 Å². The molecule has 1 heterocycles. The molecule has 1 saturated heterocycles. The number of nitrogens with zero attached hydrogens (tertiary/aromatic N) is 1. The minimum atomic E-state index is -0.0655. The molecule has 6 heteroatoms. The Kier molecular flexibility index (Phi) is 4.60. The summed E-state index contributed by atoms with van der Waals surface area (Å²) in [5.41, 5.74) is 4.97. The first kappa shape index (κ1) is 14.9. The molecular formula is C16H15N3OS2. The summed E-state index contributed by atoms with van der Waals surface area (Å²) in [5, 5.41) is 5.01. The van der Waals surface area contributed by atoms with Crippen LogP contribution in [-0.2, 0) is 4.79 Å². The molecule has 4 nitrogen and oxygen atoms in total. The van der Waals surface area contributed by atoms with Crippen molar-refractivity contribution >= 4 is 40.7 Å². The van der Waals surface area contributed by atoms with E-state index in [1.807, 2.05) is 60.7 Å². The molecule has 22 heavy (non-hydrogen) atoms. The number of hydrogen-bond acceptors (Lipinski definition) is 3. The first-order valence-corrected chi connectivity index (χ1v) is 8.31. The molecule has 3 rings (SSSR count). The fourth-order valence-electron chi connectivity index (χ4n) is 2.20. The number of anilines is 1. The highest BCUT2D eigenvalue weighted by Crippen LogP contribution is 2.36. The van der Waals surface area contributed by atoms with Crippen molar-refractivity contribution in [1.29, 1.82) is 0 Å². The average Bonchev–Trinajstić information content (AvgIpc) is 2.90. The van der Waals surface area contributed by atoms with E-state index in [-0.39, 0.29) is 11.3 Å². The van der Waals surface area contributed by atoms with Crippen LogP contribution in [0.5, 0.6) is 0 Å². The van der Waals surface area contributed by atoms with E-state index in [0.717, 1.165) is 11.3 Å². The summed E-state index contributed by atoms with van der Waals surface area (Å²) in [6.45, 7) is 0. The highest BCUT2D eigenvalue weighted by atomic mass is 32.2. The summed E-state index contributed by atoms with van der Waals surface area (Å²) in [6, 6.07) is 19.6. The van der Waals surface area contributed by atoms with E-state index in [9.17, 15) is 4.79 Å². The maximum absolute atomic E-state index is 12.1. The van der Waals surface area contributed by atoms with E-state index >= 15 is 0 Å². The molecule has 1 fully saturated rings. The quantitative estimate of drug-likeness (QED) is 0.847. The van der Waals surface area contributed by atoms with Gasteiger partial charge in [-0.1, -0.05) is 48.5 Å². The Labute approximate surface area is 138 Å². The monoisotopic (exact) mass is 329 g/mol. The van der Waals surface area contributed by atoms with Crippen molar-refractivity contribution in [2.75, 3.05) is 11.1 Å². The van der Waals surface area contributed by atoms with Gasteiger partial charge < -0.3 is 5.32 Å². The van der Waals surface area contributed by atoms with Crippen LogP contribution in [0, 0.1) is 0 Å². The standard InChI is InChI=1S/C16H15N3OS2/c20-14-11-22-15(12-7-3-1-4-8-12)19(14)18-16(21)17-13-9-5-2-6-10-13/h1-10,15H,11H2,(H2,17,18,21). The average molecular weight is 329 g/mol. The van der Waals surface area contributed by atoms with Crippen LogP contribution in [0.4, 0.5) is 5.69 Å². The maximum atomic E-state index is 12.1. The van der Waals surface area contributed by atoms with E-state index in [1.54, 1.807) is 16.8 Å². The van der Waals surface area contributed by atoms with Crippen molar-refractivity contribution < 1.29 is 4.79 Å². The van der Waals surface area contributed by atoms with Gasteiger partial charge in [-0.05, 0) is 29.9 Å². The molecule has 0 bridgehead atoms. The number of nitrogens with one attached hydrogen (secondary N) is 2. The van der Waals surface area contributed by atoms with Gasteiger partial charge in [-0.25, -0.2) is 5.01 Å². The number of benzene rings is 2. The minimum Gasteiger partial charge on any atom is -0.331 e. The van der Waals surface area contributed by atoms with E-state index in [0.29, 0.717) is 10.9 Å². The number of rotatable bonds is 3. The second-order valence-corrected chi connectivity index (χ2v) is 6.25. The van der Waals surface area contributed by atoms with Gasteiger partial charge in [-0.15, -0.1) is 11.8 Å². The van der Waals surface area contributed by atoms with Crippen molar-refractivity contribution in [3.8, 4) is 0 Å². The smallest absolute Gasteiger partial charge is 0.252 e. The molecular weight excluding hydrogens is 314 g/mol. The number of carbonyl (C=O) groups excluding carboxylic acids is 1. The Morgan fingerprint density at radius 2 is 1.73 bits per heavy atom. The van der Waals surface area contributed by atoms with E-state index < -0.39 is 0 Å². The highest BCUT2D eigenvalue weighted by molar-refractivity contribution is 8.00. The molecule has 1 aliphatic rings. The second kappa shape index (κ2) is 6.81. The van der Waals surface area contributed by atoms with Crippen LogP contribution in [0.2, 0.25) is 0 Å². The molecule has 0 aliphatic carbocycles. The SMILES string of the molecule is O=C1CSC(c2ccccc2)N1NC(=S)Nc1ccccc1. The van der Waals surface area contributed by atoms with Crippen LogP contribution >= 0.6 is 24.0 Å². The molecule has 112 valence electrons. The number of thiocarbonyl (C=S) groups is 1. The minimum absolute atomic E-state index is 0.0241. The first-order valence-electron chi connectivity index (χ1n) is 6.85. The van der Waals surface area contributed by atoms with E-state index in [1.165, 1.54) is 0 Å². The molecule has 0 radical (unpaired) electrons. The number of hydrogen-bond donors (Lipinski definition) is 2. The Morgan fingerprint density at radius 1 is 1.09 bits per heavy atom. The first-order chi connectivity index (χ1) is 10.7. The second-order valence-electron chi connectivity index (χ2n) is 4.77. The van der Waals surface area contributed by atoms with Gasteiger partial charge in [-0.3, -0.25) is 10.2 Å². The summed E-state index contributed by atoms with van der Waals surface area (Å²) < 4.78 is 0.